The van der Waals surface area contributed by atoms with E-state index >= 15 is 0 Å². The van der Waals surface area contributed by atoms with E-state index in [9.17, 15) is 17.2 Å². The van der Waals surface area contributed by atoms with Gasteiger partial charge in [-0.05, 0) is 17.5 Å². The fourth-order valence-corrected chi connectivity index (χ4v) is 2.96. The van der Waals surface area contributed by atoms with Crippen molar-refractivity contribution in [3.8, 4) is 0 Å². The van der Waals surface area contributed by atoms with E-state index in [1.54, 1.807) is 20.8 Å². The number of anilines is 1. The zero-order chi connectivity index (χ0) is 13.3. The Morgan fingerprint density at radius 3 is 2.35 bits per heavy atom. The van der Waals surface area contributed by atoms with E-state index in [1.165, 1.54) is 0 Å². The van der Waals surface area contributed by atoms with Gasteiger partial charge in [-0.3, -0.25) is 4.72 Å². The van der Waals surface area contributed by atoms with Gasteiger partial charge in [0.05, 0.1) is 5.75 Å². The Kier molecular flexibility index (Phi) is 3.71. The van der Waals surface area contributed by atoms with Gasteiger partial charge < -0.3 is 0 Å². The summed E-state index contributed by atoms with van der Waals surface area (Å²) >= 11 is 0. The summed E-state index contributed by atoms with van der Waals surface area (Å²) in [5.74, 6) is -2.35. The van der Waals surface area contributed by atoms with Crippen LogP contribution in [0, 0.1) is 17.3 Å². The highest BCUT2D eigenvalue weighted by atomic mass is 32.2. The van der Waals surface area contributed by atoms with Crippen LogP contribution in [0.4, 0.5) is 14.5 Å². The molecule has 1 aromatic rings. The molecular weight excluding hydrogens is 250 g/mol. The molecule has 1 N–H and O–H groups in total. The molecule has 1 aromatic heterocycles. The van der Waals surface area contributed by atoms with Crippen LogP contribution in [0.1, 0.15) is 20.8 Å². The first-order chi connectivity index (χ1) is 7.59. The predicted octanol–water partition coefficient (Wildman–Crippen LogP) is 2.15. The van der Waals surface area contributed by atoms with Gasteiger partial charge in [0.15, 0.2) is 0 Å². The molecule has 0 unspecified atom stereocenters. The van der Waals surface area contributed by atoms with Crippen LogP contribution in [-0.4, -0.2) is 19.2 Å². The smallest absolute Gasteiger partial charge is 0.239 e. The SMILES string of the molecule is CC(C)(C)CS(=O)(=O)Nc1ccc(F)nc1F. The normalized spacial score (nSPS) is 12.5. The molecule has 0 aromatic carbocycles. The second-order valence-corrected chi connectivity index (χ2v) is 6.62. The number of halogens is 2. The molecule has 1 heterocycles. The lowest BCUT2D eigenvalue weighted by atomic mass is 10.0. The number of nitrogens with zero attached hydrogens (tertiary/aromatic N) is 1. The van der Waals surface area contributed by atoms with Crippen molar-refractivity contribution in [1.29, 1.82) is 0 Å². The van der Waals surface area contributed by atoms with Gasteiger partial charge in [-0.25, -0.2) is 8.42 Å². The van der Waals surface area contributed by atoms with E-state index in [4.69, 9.17) is 0 Å². The Balaban J connectivity index is 2.91. The number of hydrogen-bond donors (Lipinski definition) is 1. The number of rotatable bonds is 3. The minimum absolute atomic E-state index is 0.170. The molecule has 0 spiro atoms. The molecule has 0 aliphatic rings. The maximum Gasteiger partial charge on any atom is 0.239 e. The molecule has 0 fully saturated rings. The standard InChI is InChI=1S/C10H14F2N2O2S/c1-10(2,3)6-17(15,16)14-7-4-5-8(11)13-9(7)12/h4-5,14H,6H2,1-3H3. The highest BCUT2D eigenvalue weighted by Gasteiger charge is 2.22. The lowest BCUT2D eigenvalue weighted by Crippen LogP contribution is -2.26. The lowest BCUT2D eigenvalue weighted by molar-refractivity contribution is 0.463. The largest absolute Gasteiger partial charge is 0.279 e. The van der Waals surface area contributed by atoms with Gasteiger partial charge in [-0.15, -0.1) is 0 Å². The maximum absolute atomic E-state index is 13.1. The van der Waals surface area contributed by atoms with Gasteiger partial charge in [0, 0.05) is 0 Å². The van der Waals surface area contributed by atoms with Crippen molar-refractivity contribution in [3.63, 3.8) is 0 Å². The molecule has 0 saturated carbocycles. The van der Waals surface area contributed by atoms with E-state index in [1.807, 2.05) is 4.72 Å². The fourth-order valence-electron chi connectivity index (χ4n) is 1.26. The van der Waals surface area contributed by atoms with Gasteiger partial charge in [0.2, 0.25) is 21.9 Å². The first-order valence-electron chi connectivity index (χ1n) is 4.92. The summed E-state index contributed by atoms with van der Waals surface area (Å²) in [5, 5.41) is 0. The quantitative estimate of drug-likeness (QED) is 0.851. The number of pyridine rings is 1. The third-order valence-corrected chi connectivity index (χ3v) is 3.48. The average molecular weight is 264 g/mol. The molecule has 7 heteroatoms. The number of hydrogen-bond acceptors (Lipinski definition) is 3. The molecule has 0 bridgehead atoms. The van der Waals surface area contributed by atoms with Gasteiger partial charge >= 0.3 is 0 Å². The molecule has 0 amide bonds. The number of sulfonamides is 1. The second-order valence-electron chi connectivity index (χ2n) is 4.89. The Bertz CT molecular complexity index is 510. The Morgan fingerprint density at radius 2 is 1.88 bits per heavy atom. The average Bonchev–Trinajstić information content (AvgIpc) is 2.05. The summed E-state index contributed by atoms with van der Waals surface area (Å²) in [4.78, 5) is 2.89. The number of nitrogens with one attached hydrogen (secondary N) is 1. The van der Waals surface area contributed by atoms with E-state index in [0.717, 1.165) is 12.1 Å². The van der Waals surface area contributed by atoms with Crippen LogP contribution in [0.15, 0.2) is 12.1 Å². The molecule has 1 rings (SSSR count). The van der Waals surface area contributed by atoms with Crippen molar-refractivity contribution < 1.29 is 17.2 Å². The van der Waals surface area contributed by atoms with E-state index < -0.39 is 27.3 Å². The topological polar surface area (TPSA) is 59.1 Å². The second kappa shape index (κ2) is 4.56. The molecule has 0 aliphatic heterocycles. The molecule has 17 heavy (non-hydrogen) atoms. The Morgan fingerprint density at radius 1 is 1.29 bits per heavy atom. The third-order valence-electron chi connectivity index (χ3n) is 1.70. The van der Waals surface area contributed by atoms with E-state index in [0.29, 0.717) is 0 Å². The van der Waals surface area contributed by atoms with Crippen molar-refractivity contribution in [2.45, 2.75) is 20.8 Å². The monoisotopic (exact) mass is 264 g/mol. The van der Waals surface area contributed by atoms with Crippen LogP contribution in [0.5, 0.6) is 0 Å². The van der Waals surface area contributed by atoms with Gasteiger partial charge in [-0.2, -0.15) is 13.8 Å². The Hall–Kier alpha value is -1.24. The van der Waals surface area contributed by atoms with Crippen molar-refractivity contribution in [2.24, 2.45) is 5.41 Å². The first-order valence-corrected chi connectivity index (χ1v) is 6.57. The van der Waals surface area contributed by atoms with Crippen LogP contribution in [0.2, 0.25) is 0 Å². The Labute approximate surface area is 99.1 Å². The highest BCUT2D eigenvalue weighted by Crippen LogP contribution is 2.19. The van der Waals surface area contributed by atoms with Crippen molar-refractivity contribution >= 4 is 15.7 Å². The molecular formula is C10H14F2N2O2S. The molecule has 0 atom stereocenters. The zero-order valence-corrected chi connectivity index (χ0v) is 10.6. The summed E-state index contributed by atoms with van der Waals surface area (Å²) in [6.07, 6.45) is 0. The lowest BCUT2D eigenvalue weighted by Gasteiger charge is -2.18. The van der Waals surface area contributed by atoms with Gasteiger partial charge in [-0.1, -0.05) is 20.8 Å². The first kappa shape index (κ1) is 13.8. The van der Waals surface area contributed by atoms with Gasteiger partial charge in [0.1, 0.15) is 5.69 Å². The molecule has 4 nitrogen and oxygen atoms in total. The summed E-state index contributed by atoms with van der Waals surface area (Å²) in [6.45, 7) is 5.22. The van der Waals surface area contributed by atoms with Crippen LogP contribution >= 0.6 is 0 Å². The van der Waals surface area contributed by atoms with Crippen molar-refractivity contribution in [2.75, 3.05) is 10.5 Å². The van der Waals surface area contributed by atoms with E-state index in [2.05, 4.69) is 4.98 Å². The van der Waals surface area contributed by atoms with Crippen molar-refractivity contribution in [1.82, 2.24) is 4.98 Å². The summed E-state index contributed by atoms with van der Waals surface area (Å²) < 4.78 is 51.0. The van der Waals surface area contributed by atoms with Crippen molar-refractivity contribution in [3.05, 3.63) is 24.0 Å². The van der Waals surface area contributed by atoms with Gasteiger partial charge in [0.25, 0.3) is 0 Å². The molecule has 0 saturated heterocycles. The van der Waals surface area contributed by atoms with Crippen LogP contribution < -0.4 is 4.72 Å². The number of aromatic nitrogens is 1. The summed E-state index contributed by atoms with van der Waals surface area (Å²) in [6, 6.07) is 1.88. The predicted molar refractivity (Wildman–Crippen MR) is 61.0 cm³/mol. The maximum atomic E-state index is 13.1. The molecule has 96 valence electrons. The molecule has 0 radical (unpaired) electrons. The third kappa shape index (κ3) is 4.64. The summed E-state index contributed by atoms with van der Waals surface area (Å²) in [7, 11) is -3.68. The van der Waals surface area contributed by atoms with E-state index in [-0.39, 0.29) is 11.4 Å². The van der Waals surface area contributed by atoms with Crippen LogP contribution in [-0.2, 0) is 10.0 Å². The van der Waals surface area contributed by atoms with Crippen LogP contribution in [0.25, 0.3) is 0 Å². The van der Waals surface area contributed by atoms with Crippen LogP contribution in [0.3, 0.4) is 0 Å². The minimum atomic E-state index is -3.68. The highest BCUT2D eigenvalue weighted by molar-refractivity contribution is 7.92. The summed E-state index contributed by atoms with van der Waals surface area (Å²) in [5.41, 5.74) is -0.814. The molecule has 0 aliphatic carbocycles. The fraction of sp³-hybridized carbons (Fsp3) is 0.500. The zero-order valence-electron chi connectivity index (χ0n) is 9.79. The minimum Gasteiger partial charge on any atom is -0.279 e.